The number of rotatable bonds is 5. The summed E-state index contributed by atoms with van der Waals surface area (Å²) in [5.41, 5.74) is 2.09. The Bertz CT molecular complexity index is 764. The van der Waals surface area contributed by atoms with E-state index in [4.69, 9.17) is 0 Å². The molecule has 1 aromatic carbocycles. The van der Waals surface area contributed by atoms with Gasteiger partial charge in [0.2, 0.25) is 0 Å². The van der Waals surface area contributed by atoms with Gasteiger partial charge >= 0.3 is 0 Å². The predicted octanol–water partition coefficient (Wildman–Crippen LogP) is 1.98. The lowest BCUT2D eigenvalue weighted by Gasteiger charge is -2.59. The van der Waals surface area contributed by atoms with Gasteiger partial charge in [0, 0.05) is 76.0 Å². The van der Waals surface area contributed by atoms with Crippen molar-refractivity contribution in [3.8, 4) is 0 Å². The van der Waals surface area contributed by atoms with Gasteiger partial charge in [-0.25, -0.2) is 0 Å². The average molecular weight is 469 g/mol. The van der Waals surface area contributed by atoms with Crippen molar-refractivity contribution >= 4 is 0 Å². The Kier molecular flexibility index (Phi) is 7.64. The van der Waals surface area contributed by atoms with E-state index in [9.17, 15) is 0 Å². The summed E-state index contributed by atoms with van der Waals surface area (Å²) >= 11 is 0. The molecule has 4 aliphatic heterocycles. The summed E-state index contributed by atoms with van der Waals surface area (Å²) in [6.07, 6.45) is 5.08. The number of likely N-dealkylation sites (N-methyl/N-ethyl adjacent to an activating group) is 1. The molecule has 2 unspecified atom stereocenters. The molecule has 0 saturated carbocycles. The van der Waals surface area contributed by atoms with Crippen molar-refractivity contribution in [1.29, 1.82) is 0 Å². The van der Waals surface area contributed by atoms with Crippen LogP contribution < -0.4 is 5.32 Å². The Balaban J connectivity index is 1.34. The molecule has 34 heavy (non-hydrogen) atoms. The van der Waals surface area contributed by atoms with Crippen molar-refractivity contribution in [2.45, 2.75) is 49.7 Å². The zero-order valence-corrected chi connectivity index (χ0v) is 22.0. The molecule has 6 nitrogen and oxygen atoms in total. The second-order valence-corrected chi connectivity index (χ2v) is 11.4. The van der Waals surface area contributed by atoms with Crippen LogP contribution in [0.25, 0.3) is 0 Å². The van der Waals surface area contributed by atoms with E-state index < -0.39 is 0 Å². The molecule has 0 radical (unpaired) electrons. The highest BCUT2D eigenvalue weighted by molar-refractivity contribution is 5.26. The molecule has 1 N–H and O–H groups in total. The number of benzene rings is 1. The third kappa shape index (κ3) is 4.58. The van der Waals surface area contributed by atoms with E-state index in [1.54, 1.807) is 0 Å². The highest BCUT2D eigenvalue weighted by Gasteiger charge is 2.49. The number of nitrogens with one attached hydrogen (secondary N) is 1. The summed E-state index contributed by atoms with van der Waals surface area (Å²) in [4.78, 5) is 13.7. The van der Waals surface area contributed by atoms with Gasteiger partial charge in [0.1, 0.15) is 0 Å². The Morgan fingerprint density at radius 3 is 2.06 bits per heavy atom. The first-order valence-corrected chi connectivity index (χ1v) is 13.9. The third-order valence-electron chi connectivity index (χ3n) is 9.88. The molecule has 6 heteroatoms. The zero-order valence-electron chi connectivity index (χ0n) is 22.0. The van der Waals surface area contributed by atoms with Crippen molar-refractivity contribution in [3.63, 3.8) is 0 Å². The van der Waals surface area contributed by atoms with E-state index in [0.29, 0.717) is 11.6 Å². The number of hydrogen-bond acceptors (Lipinski definition) is 6. The Morgan fingerprint density at radius 1 is 0.765 bits per heavy atom. The quantitative estimate of drug-likeness (QED) is 0.711. The fourth-order valence-corrected chi connectivity index (χ4v) is 7.66. The van der Waals surface area contributed by atoms with E-state index in [1.165, 1.54) is 96.7 Å². The largest absolute Gasteiger partial charge is 0.314 e. The molecular weight excluding hydrogens is 420 g/mol. The van der Waals surface area contributed by atoms with Crippen molar-refractivity contribution in [3.05, 3.63) is 35.9 Å². The number of nitrogens with zero attached hydrogens (tertiary/aromatic N) is 5. The van der Waals surface area contributed by atoms with E-state index in [-0.39, 0.29) is 5.54 Å². The van der Waals surface area contributed by atoms with Gasteiger partial charge in [-0.3, -0.25) is 14.7 Å². The maximum absolute atomic E-state index is 3.59. The van der Waals surface area contributed by atoms with Gasteiger partial charge in [-0.1, -0.05) is 37.3 Å². The summed E-state index contributed by atoms with van der Waals surface area (Å²) < 4.78 is 0. The second kappa shape index (κ2) is 10.5. The van der Waals surface area contributed by atoms with E-state index in [1.807, 2.05) is 0 Å². The maximum atomic E-state index is 3.59. The van der Waals surface area contributed by atoms with E-state index in [0.717, 1.165) is 13.1 Å². The van der Waals surface area contributed by atoms with Crippen LogP contribution in [0, 0.1) is 0 Å². The normalized spacial score (nSPS) is 33.2. The number of hydrogen-bond donors (Lipinski definition) is 1. The predicted molar refractivity (Wildman–Crippen MR) is 141 cm³/mol. The molecule has 4 saturated heterocycles. The minimum Gasteiger partial charge on any atom is -0.314 e. The molecule has 4 heterocycles. The van der Waals surface area contributed by atoms with Crippen molar-refractivity contribution in [2.24, 2.45) is 0 Å². The van der Waals surface area contributed by atoms with Gasteiger partial charge in [-0.05, 0) is 65.0 Å². The Hall–Kier alpha value is -1.02. The summed E-state index contributed by atoms with van der Waals surface area (Å²) in [5.74, 6) is 0. The molecule has 0 spiro atoms. The molecule has 4 aliphatic rings. The molecule has 5 rings (SSSR count). The highest BCUT2D eigenvalue weighted by Crippen LogP contribution is 2.41. The lowest BCUT2D eigenvalue weighted by molar-refractivity contribution is -0.0849. The highest BCUT2D eigenvalue weighted by atomic mass is 15.4. The van der Waals surface area contributed by atoms with Crippen molar-refractivity contribution in [1.82, 2.24) is 29.8 Å². The monoisotopic (exact) mass is 468 g/mol. The molecule has 1 aromatic rings. The molecule has 0 aliphatic carbocycles. The third-order valence-corrected chi connectivity index (χ3v) is 9.88. The van der Waals surface area contributed by atoms with Crippen LogP contribution in [0.4, 0.5) is 0 Å². The van der Waals surface area contributed by atoms with E-state index >= 15 is 0 Å². The Labute approximate surface area is 208 Å². The summed E-state index contributed by atoms with van der Waals surface area (Å²) in [6, 6.07) is 12.1. The number of piperidine rings is 2. The lowest BCUT2D eigenvalue weighted by atomic mass is 9.76. The van der Waals surface area contributed by atoms with Crippen molar-refractivity contribution in [2.75, 3.05) is 92.6 Å². The fourth-order valence-electron chi connectivity index (χ4n) is 7.66. The first-order chi connectivity index (χ1) is 16.6. The fraction of sp³-hybridized carbons (Fsp3) is 0.786. The van der Waals surface area contributed by atoms with Crippen LogP contribution in [0.5, 0.6) is 0 Å². The molecule has 0 amide bonds. The van der Waals surface area contributed by atoms with Gasteiger partial charge in [0.15, 0.2) is 0 Å². The van der Waals surface area contributed by atoms with Crippen LogP contribution in [0.2, 0.25) is 0 Å². The topological polar surface area (TPSA) is 28.2 Å². The number of piperazine rings is 2. The van der Waals surface area contributed by atoms with Crippen LogP contribution in [0.1, 0.15) is 38.2 Å². The molecule has 0 bridgehead atoms. The summed E-state index contributed by atoms with van der Waals surface area (Å²) in [5, 5.41) is 3.59. The second-order valence-electron chi connectivity index (χ2n) is 11.4. The van der Waals surface area contributed by atoms with E-state index in [2.05, 4.69) is 81.2 Å². The summed E-state index contributed by atoms with van der Waals surface area (Å²) in [6.45, 7) is 16.8. The maximum Gasteiger partial charge on any atom is 0.0486 e. The smallest absolute Gasteiger partial charge is 0.0486 e. The summed E-state index contributed by atoms with van der Waals surface area (Å²) in [7, 11) is 4.62. The number of likely N-dealkylation sites (tertiary alicyclic amines) is 2. The molecule has 190 valence electrons. The van der Waals surface area contributed by atoms with Gasteiger partial charge in [-0.15, -0.1) is 0 Å². The van der Waals surface area contributed by atoms with Crippen LogP contribution >= 0.6 is 0 Å². The first-order valence-electron chi connectivity index (χ1n) is 13.9. The lowest BCUT2D eigenvalue weighted by Crippen LogP contribution is -2.72. The molecule has 0 aromatic heterocycles. The average Bonchev–Trinajstić information content (AvgIpc) is 2.91. The molecule has 4 fully saturated rings. The van der Waals surface area contributed by atoms with Crippen LogP contribution in [-0.2, 0) is 5.54 Å². The van der Waals surface area contributed by atoms with Crippen LogP contribution in [-0.4, -0.2) is 129 Å². The molecule has 2 atom stereocenters. The van der Waals surface area contributed by atoms with Gasteiger partial charge in [0.05, 0.1) is 0 Å². The first kappa shape index (κ1) is 24.7. The van der Waals surface area contributed by atoms with Crippen LogP contribution in [0.3, 0.4) is 0 Å². The minimum atomic E-state index is 0.212. The van der Waals surface area contributed by atoms with Crippen LogP contribution in [0.15, 0.2) is 30.3 Å². The Morgan fingerprint density at radius 2 is 1.41 bits per heavy atom. The zero-order chi connectivity index (χ0) is 23.6. The minimum absolute atomic E-state index is 0.212. The standard InChI is InChI=1S/C28H48N6/c1-4-27(33-18-13-29-14-19-33)10-17-31(3)24-26(27)32-20-22-34(23-21-32)28(11-15-30(2)16-12-28)25-8-6-5-7-9-25/h5-9,26,29H,4,10-24H2,1-3H3. The van der Waals surface area contributed by atoms with Gasteiger partial charge < -0.3 is 15.1 Å². The van der Waals surface area contributed by atoms with Crippen molar-refractivity contribution < 1.29 is 0 Å². The molecular formula is C28H48N6. The SMILES string of the molecule is CCC1(N2CCNCC2)CCN(C)CC1N1CCN(C2(c3ccccc3)CCN(C)CC2)CC1. The van der Waals surface area contributed by atoms with Gasteiger partial charge in [-0.2, -0.15) is 0 Å². The van der Waals surface area contributed by atoms with Gasteiger partial charge in [0.25, 0.3) is 0 Å².